The first-order valence-electron chi connectivity index (χ1n) is 11.3. The Kier molecular flexibility index (Phi) is 9.19. The van der Waals surface area contributed by atoms with E-state index in [1.165, 1.54) is 6.08 Å². The third-order valence-corrected chi connectivity index (χ3v) is 5.42. The van der Waals surface area contributed by atoms with Crippen molar-refractivity contribution in [2.45, 2.75) is 32.7 Å². The lowest BCUT2D eigenvalue weighted by atomic mass is 10.1. The van der Waals surface area contributed by atoms with Gasteiger partial charge in [0, 0.05) is 25.7 Å². The third kappa shape index (κ3) is 6.87. The summed E-state index contributed by atoms with van der Waals surface area (Å²) in [6.07, 6.45) is 5.38. The predicted molar refractivity (Wildman–Crippen MR) is 124 cm³/mol. The van der Waals surface area contributed by atoms with Gasteiger partial charge in [0.25, 0.3) is 0 Å². The van der Waals surface area contributed by atoms with Gasteiger partial charge >= 0.3 is 0 Å². The Morgan fingerprint density at radius 1 is 1.22 bits per heavy atom. The van der Waals surface area contributed by atoms with Crippen LogP contribution in [0.15, 0.2) is 40.8 Å². The first-order valence-corrected chi connectivity index (χ1v) is 11.3. The molecule has 7 heteroatoms. The smallest absolute Gasteiger partial charge is 0.244 e. The summed E-state index contributed by atoms with van der Waals surface area (Å²) < 4.78 is 22.5. The van der Waals surface area contributed by atoms with Gasteiger partial charge in [-0.05, 0) is 49.2 Å². The van der Waals surface area contributed by atoms with Gasteiger partial charge in [-0.25, -0.2) is 0 Å². The van der Waals surface area contributed by atoms with Gasteiger partial charge in [0.05, 0.1) is 33.0 Å². The van der Waals surface area contributed by atoms with Crippen LogP contribution in [-0.4, -0.2) is 57.4 Å². The molecule has 1 amide bonds. The van der Waals surface area contributed by atoms with E-state index in [2.05, 4.69) is 17.1 Å². The average molecular weight is 443 g/mol. The molecule has 1 aliphatic heterocycles. The Labute approximate surface area is 190 Å². The van der Waals surface area contributed by atoms with Crippen LogP contribution in [0.5, 0.6) is 11.5 Å². The van der Waals surface area contributed by atoms with Crippen LogP contribution in [-0.2, 0) is 9.53 Å². The fourth-order valence-corrected chi connectivity index (χ4v) is 3.59. The second kappa shape index (κ2) is 12.3. The normalized spacial score (nSPS) is 15.6. The quantitative estimate of drug-likeness (QED) is 0.419. The van der Waals surface area contributed by atoms with Crippen LogP contribution in [0.2, 0.25) is 0 Å². The molecule has 1 atom stereocenters. The standard InChI is InChI=1S/C25H34N2O5/c1-4-5-14-31-23-10-7-20(17-24(23)29-3)8-11-25(28)26-18-21(22-9-6-19(2)32-22)27-12-15-30-16-13-27/h6-11,17,21H,4-5,12-16,18H2,1-3H3,(H,26,28)/b11-8+. The lowest BCUT2D eigenvalue weighted by Gasteiger charge is -2.33. The zero-order valence-corrected chi connectivity index (χ0v) is 19.3. The molecule has 1 unspecified atom stereocenters. The Morgan fingerprint density at radius 2 is 2.03 bits per heavy atom. The number of hydrogen-bond acceptors (Lipinski definition) is 6. The molecule has 2 heterocycles. The maximum atomic E-state index is 12.5. The minimum absolute atomic E-state index is 0.0235. The number of hydrogen-bond donors (Lipinski definition) is 1. The van der Waals surface area contributed by atoms with Gasteiger partial charge in [-0.15, -0.1) is 0 Å². The minimum Gasteiger partial charge on any atom is -0.493 e. The van der Waals surface area contributed by atoms with Gasteiger partial charge in [-0.1, -0.05) is 19.4 Å². The summed E-state index contributed by atoms with van der Waals surface area (Å²) in [6.45, 7) is 8.15. The van der Waals surface area contributed by atoms with Crippen LogP contribution in [0.4, 0.5) is 0 Å². The summed E-state index contributed by atoms with van der Waals surface area (Å²) in [4.78, 5) is 14.8. The van der Waals surface area contributed by atoms with E-state index in [0.29, 0.717) is 37.9 Å². The molecule has 2 aromatic rings. The Bertz CT molecular complexity index is 886. The molecular formula is C25H34N2O5. The molecule has 7 nitrogen and oxygen atoms in total. The van der Waals surface area contributed by atoms with Gasteiger partial charge in [-0.2, -0.15) is 0 Å². The maximum absolute atomic E-state index is 12.5. The molecule has 1 aromatic heterocycles. The summed E-state index contributed by atoms with van der Waals surface area (Å²) >= 11 is 0. The second-order valence-electron chi connectivity index (χ2n) is 7.80. The molecule has 1 fully saturated rings. The molecular weight excluding hydrogens is 408 g/mol. The number of nitrogens with one attached hydrogen (secondary N) is 1. The van der Waals surface area contributed by atoms with E-state index in [1.807, 2.05) is 37.3 Å². The van der Waals surface area contributed by atoms with Gasteiger partial charge in [0.1, 0.15) is 11.5 Å². The number of unbranched alkanes of at least 4 members (excludes halogenated alkanes) is 1. The van der Waals surface area contributed by atoms with Gasteiger partial charge in [0.15, 0.2) is 11.5 Å². The van der Waals surface area contributed by atoms with Crippen molar-refractivity contribution >= 4 is 12.0 Å². The predicted octanol–water partition coefficient (Wildman–Crippen LogP) is 3.98. The molecule has 174 valence electrons. The number of carbonyl (C=O) groups excluding carboxylic acids is 1. The largest absolute Gasteiger partial charge is 0.493 e. The molecule has 1 N–H and O–H groups in total. The van der Waals surface area contributed by atoms with Crippen molar-refractivity contribution in [3.05, 3.63) is 53.5 Å². The highest BCUT2D eigenvalue weighted by Crippen LogP contribution is 2.29. The number of methoxy groups -OCH3 is 1. The Hall–Kier alpha value is -2.77. The van der Waals surface area contributed by atoms with Crippen molar-refractivity contribution < 1.29 is 23.4 Å². The summed E-state index contributed by atoms with van der Waals surface area (Å²) in [5.41, 5.74) is 0.867. The SMILES string of the molecule is CCCCOc1ccc(/C=C/C(=O)NCC(c2ccc(C)o2)N2CCOCC2)cc1OC. The lowest BCUT2D eigenvalue weighted by molar-refractivity contribution is -0.116. The fraction of sp³-hybridized carbons (Fsp3) is 0.480. The maximum Gasteiger partial charge on any atom is 0.244 e. The van der Waals surface area contributed by atoms with Gasteiger partial charge < -0.3 is 23.9 Å². The zero-order chi connectivity index (χ0) is 22.8. The number of amides is 1. The molecule has 0 aliphatic carbocycles. The minimum atomic E-state index is -0.159. The summed E-state index contributed by atoms with van der Waals surface area (Å²) in [6, 6.07) is 9.56. The molecule has 1 aromatic carbocycles. The number of morpholine rings is 1. The highest BCUT2D eigenvalue weighted by Gasteiger charge is 2.25. The molecule has 0 radical (unpaired) electrons. The van der Waals surface area contributed by atoms with Crippen molar-refractivity contribution in [2.24, 2.45) is 0 Å². The monoisotopic (exact) mass is 442 g/mol. The molecule has 1 saturated heterocycles. The van der Waals surface area contributed by atoms with Crippen molar-refractivity contribution in [3.63, 3.8) is 0 Å². The van der Waals surface area contributed by atoms with E-state index in [0.717, 1.165) is 43.0 Å². The molecule has 0 bridgehead atoms. The number of carbonyl (C=O) groups is 1. The van der Waals surface area contributed by atoms with Crippen LogP contribution >= 0.6 is 0 Å². The van der Waals surface area contributed by atoms with E-state index in [-0.39, 0.29) is 11.9 Å². The molecule has 0 saturated carbocycles. The molecule has 1 aliphatic rings. The van der Waals surface area contributed by atoms with E-state index in [1.54, 1.807) is 13.2 Å². The number of furan rings is 1. The van der Waals surface area contributed by atoms with Crippen molar-refractivity contribution in [1.82, 2.24) is 10.2 Å². The third-order valence-electron chi connectivity index (χ3n) is 5.42. The average Bonchev–Trinajstić information content (AvgIpc) is 3.25. The molecule has 3 rings (SSSR count). The van der Waals surface area contributed by atoms with Gasteiger partial charge in [-0.3, -0.25) is 9.69 Å². The van der Waals surface area contributed by atoms with Gasteiger partial charge in [0.2, 0.25) is 5.91 Å². The van der Waals surface area contributed by atoms with Crippen LogP contribution < -0.4 is 14.8 Å². The number of benzene rings is 1. The first kappa shape index (κ1) is 23.9. The van der Waals surface area contributed by atoms with Crippen molar-refractivity contribution in [2.75, 3.05) is 46.6 Å². The number of nitrogens with zero attached hydrogens (tertiary/aromatic N) is 1. The molecule has 0 spiro atoms. The summed E-state index contributed by atoms with van der Waals surface area (Å²) in [5.74, 6) is 2.93. The molecule has 32 heavy (non-hydrogen) atoms. The van der Waals surface area contributed by atoms with Crippen molar-refractivity contribution in [3.8, 4) is 11.5 Å². The lowest BCUT2D eigenvalue weighted by Crippen LogP contribution is -2.43. The van der Waals surface area contributed by atoms with E-state index in [4.69, 9.17) is 18.6 Å². The highest BCUT2D eigenvalue weighted by molar-refractivity contribution is 5.91. The van der Waals surface area contributed by atoms with E-state index >= 15 is 0 Å². The number of ether oxygens (including phenoxy) is 3. The fourth-order valence-electron chi connectivity index (χ4n) is 3.59. The second-order valence-corrected chi connectivity index (χ2v) is 7.80. The van der Waals surface area contributed by atoms with Crippen molar-refractivity contribution in [1.29, 1.82) is 0 Å². The van der Waals surface area contributed by atoms with Crippen LogP contribution in [0, 0.1) is 6.92 Å². The number of rotatable bonds is 11. The highest BCUT2D eigenvalue weighted by atomic mass is 16.5. The van der Waals surface area contributed by atoms with E-state index < -0.39 is 0 Å². The number of aryl methyl sites for hydroxylation is 1. The van der Waals surface area contributed by atoms with Crippen LogP contribution in [0.25, 0.3) is 6.08 Å². The van der Waals surface area contributed by atoms with Crippen LogP contribution in [0.3, 0.4) is 0 Å². The zero-order valence-electron chi connectivity index (χ0n) is 19.3. The summed E-state index contributed by atoms with van der Waals surface area (Å²) in [7, 11) is 1.62. The van der Waals surface area contributed by atoms with Crippen LogP contribution in [0.1, 0.15) is 42.9 Å². The first-order chi connectivity index (χ1) is 15.6. The summed E-state index contributed by atoms with van der Waals surface area (Å²) in [5, 5.41) is 3.01. The van der Waals surface area contributed by atoms with E-state index in [9.17, 15) is 4.79 Å². The Balaban J connectivity index is 1.59. The topological polar surface area (TPSA) is 73.2 Å². The Morgan fingerprint density at radius 3 is 2.72 bits per heavy atom.